The van der Waals surface area contributed by atoms with Gasteiger partial charge in [0, 0.05) is 0 Å². The molecule has 2 N–H and O–H groups in total. The van der Waals surface area contributed by atoms with E-state index in [1.165, 1.54) is 25.4 Å². The van der Waals surface area contributed by atoms with Gasteiger partial charge in [-0.15, -0.1) is 0 Å². The molecular formula is C27H23N3O6. The lowest BCUT2D eigenvalue weighted by molar-refractivity contribution is -0.139. The molecular weight excluding hydrogens is 462 g/mol. The van der Waals surface area contributed by atoms with E-state index in [0.29, 0.717) is 22.8 Å². The van der Waals surface area contributed by atoms with Gasteiger partial charge in [0.2, 0.25) is 0 Å². The van der Waals surface area contributed by atoms with Crippen molar-refractivity contribution in [3.05, 3.63) is 107 Å². The molecule has 0 amide bonds. The SMILES string of the molecule is COC(=O)C1=C(C(=O)OC)N(c2ccccc2OCc2ccco2)C(N)=C(C#N)C1c1ccccc1. The van der Waals surface area contributed by atoms with Gasteiger partial charge in [0.05, 0.1) is 49.3 Å². The van der Waals surface area contributed by atoms with Crippen molar-refractivity contribution in [2.75, 3.05) is 19.1 Å². The Kier molecular flexibility index (Phi) is 7.07. The lowest BCUT2D eigenvalue weighted by Gasteiger charge is -2.36. The average molecular weight is 485 g/mol. The van der Waals surface area contributed by atoms with Crippen LogP contribution in [0, 0.1) is 11.3 Å². The number of nitriles is 1. The van der Waals surface area contributed by atoms with E-state index >= 15 is 0 Å². The second kappa shape index (κ2) is 10.5. The van der Waals surface area contributed by atoms with Gasteiger partial charge >= 0.3 is 11.9 Å². The second-order valence-electron chi connectivity index (χ2n) is 7.67. The first-order chi connectivity index (χ1) is 17.5. The first-order valence-corrected chi connectivity index (χ1v) is 10.9. The number of furan rings is 1. The van der Waals surface area contributed by atoms with E-state index in [2.05, 4.69) is 6.07 Å². The number of rotatable bonds is 7. The van der Waals surface area contributed by atoms with Crippen LogP contribution in [0.3, 0.4) is 0 Å². The Balaban J connectivity index is 1.96. The number of para-hydroxylation sites is 2. The average Bonchev–Trinajstić information content (AvgIpc) is 3.45. The molecule has 0 fully saturated rings. The Hall–Kier alpha value is -4.97. The summed E-state index contributed by atoms with van der Waals surface area (Å²) in [6.07, 6.45) is 1.53. The molecule has 4 rings (SSSR count). The van der Waals surface area contributed by atoms with Crippen molar-refractivity contribution in [1.82, 2.24) is 0 Å². The highest BCUT2D eigenvalue weighted by Gasteiger charge is 2.43. The molecule has 0 saturated heterocycles. The number of ether oxygens (including phenoxy) is 3. The summed E-state index contributed by atoms with van der Waals surface area (Å²) in [6.45, 7) is 0.0976. The molecule has 3 aromatic rings. The fourth-order valence-electron chi connectivity index (χ4n) is 4.07. The van der Waals surface area contributed by atoms with Crippen LogP contribution < -0.4 is 15.4 Å². The van der Waals surface area contributed by atoms with Crippen LogP contribution >= 0.6 is 0 Å². The van der Waals surface area contributed by atoms with Crippen molar-refractivity contribution < 1.29 is 28.2 Å². The monoisotopic (exact) mass is 485 g/mol. The van der Waals surface area contributed by atoms with E-state index < -0.39 is 17.9 Å². The summed E-state index contributed by atoms with van der Waals surface area (Å²) in [4.78, 5) is 27.7. The number of hydrogen-bond acceptors (Lipinski definition) is 9. The number of carbonyl (C=O) groups excluding carboxylic acids is 2. The third kappa shape index (κ3) is 4.40. The number of benzene rings is 2. The predicted molar refractivity (Wildman–Crippen MR) is 129 cm³/mol. The van der Waals surface area contributed by atoms with Crippen LogP contribution in [0.15, 0.2) is 100 Å². The van der Waals surface area contributed by atoms with Crippen LogP contribution in [0.5, 0.6) is 5.75 Å². The molecule has 1 unspecified atom stereocenters. The van der Waals surface area contributed by atoms with Crippen molar-refractivity contribution in [1.29, 1.82) is 5.26 Å². The number of nitrogens with two attached hydrogens (primary N) is 1. The molecule has 1 aliphatic rings. The van der Waals surface area contributed by atoms with Crippen LogP contribution in [0.2, 0.25) is 0 Å². The number of esters is 2. The second-order valence-corrected chi connectivity index (χ2v) is 7.67. The Bertz CT molecular complexity index is 1370. The molecule has 1 aromatic heterocycles. The number of methoxy groups -OCH3 is 2. The van der Waals surface area contributed by atoms with Crippen molar-refractivity contribution >= 4 is 17.6 Å². The number of nitrogens with zero attached hydrogens (tertiary/aromatic N) is 2. The highest BCUT2D eigenvalue weighted by molar-refractivity contribution is 6.06. The molecule has 0 radical (unpaired) electrons. The predicted octanol–water partition coefficient (Wildman–Crippen LogP) is 3.76. The van der Waals surface area contributed by atoms with E-state index in [0.717, 1.165) is 0 Å². The normalized spacial score (nSPS) is 15.4. The smallest absolute Gasteiger partial charge is 0.355 e. The molecule has 0 spiro atoms. The minimum atomic E-state index is -0.954. The van der Waals surface area contributed by atoms with Gasteiger partial charge in [0.25, 0.3) is 0 Å². The number of anilines is 1. The summed E-state index contributed by atoms with van der Waals surface area (Å²) in [7, 11) is 2.39. The summed E-state index contributed by atoms with van der Waals surface area (Å²) in [5.41, 5.74) is 7.27. The van der Waals surface area contributed by atoms with Crippen LogP contribution in [0.25, 0.3) is 0 Å². The molecule has 0 aliphatic carbocycles. The van der Waals surface area contributed by atoms with E-state index in [-0.39, 0.29) is 29.3 Å². The molecule has 2 aromatic carbocycles. The Morgan fingerprint density at radius 2 is 1.69 bits per heavy atom. The summed E-state index contributed by atoms with van der Waals surface area (Å²) >= 11 is 0. The maximum atomic E-state index is 13.2. The van der Waals surface area contributed by atoms with Crippen molar-refractivity contribution in [3.8, 4) is 11.8 Å². The number of hydrogen-bond donors (Lipinski definition) is 1. The highest BCUT2D eigenvalue weighted by Crippen LogP contribution is 2.45. The van der Waals surface area contributed by atoms with E-state index in [9.17, 15) is 14.9 Å². The first-order valence-electron chi connectivity index (χ1n) is 10.9. The zero-order chi connectivity index (χ0) is 25.7. The molecule has 9 heteroatoms. The standard InChI is InChI=1S/C27H23N3O6/c1-33-26(31)23-22(17-9-4-3-5-10-17)19(15-28)25(29)30(24(23)27(32)34-2)20-12-6-7-13-21(20)36-16-18-11-8-14-35-18/h3-14,22H,16,29H2,1-2H3. The molecule has 0 bridgehead atoms. The molecule has 36 heavy (non-hydrogen) atoms. The van der Waals surface area contributed by atoms with Gasteiger partial charge in [-0.25, -0.2) is 9.59 Å². The lowest BCUT2D eigenvalue weighted by Crippen LogP contribution is -2.41. The van der Waals surface area contributed by atoms with Crippen molar-refractivity contribution in [2.45, 2.75) is 12.5 Å². The Morgan fingerprint density at radius 3 is 2.33 bits per heavy atom. The Labute approximate surface area is 207 Å². The fraction of sp³-hybridized carbons (Fsp3) is 0.148. The third-order valence-corrected chi connectivity index (χ3v) is 5.67. The molecule has 0 saturated carbocycles. The quantitative estimate of drug-likeness (QED) is 0.498. The zero-order valence-electron chi connectivity index (χ0n) is 19.6. The van der Waals surface area contributed by atoms with E-state index in [1.807, 2.05) is 0 Å². The molecule has 182 valence electrons. The van der Waals surface area contributed by atoms with Gasteiger partial charge in [-0.05, 0) is 29.8 Å². The van der Waals surface area contributed by atoms with Gasteiger partial charge < -0.3 is 24.4 Å². The van der Waals surface area contributed by atoms with Gasteiger partial charge in [-0.1, -0.05) is 42.5 Å². The summed E-state index contributed by atoms with van der Waals surface area (Å²) in [6, 6.07) is 21.2. The van der Waals surface area contributed by atoms with Gasteiger partial charge in [0.15, 0.2) is 0 Å². The summed E-state index contributed by atoms with van der Waals surface area (Å²) < 4.78 is 21.4. The minimum Gasteiger partial charge on any atom is -0.483 e. The molecule has 1 atom stereocenters. The fourth-order valence-corrected chi connectivity index (χ4v) is 4.07. The van der Waals surface area contributed by atoms with Crippen LogP contribution in [0.4, 0.5) is 5.69 Å². The first kappa shape index (κ1) is 24.2. The minimum absolute atomic E-state index is 0.0477. The number of carbonyl (C=O) groups is 2. The third-order valence-electron chi connectivity index (χ3n) is 5.67. The zero-order valence-corrected chi connectivity index (χ0v) is 19.6. The molecule has 2 heterocycles. The van der Waals surface area contributed by atoms with Crippen LogP contribution in [-0.4, -0.2) is 26.2 Å². The largest absolute Gasteiger partial charge is 0.483 e. The van der Waals surface area contributed by atoms with E-state index in [1.54, 1.807) is 66.7 Å². The van der Waals surface area contributed by atoms with Crippen LogP contribution in [0.1, 0.15) is 17.2 Å². The lowest BCUT2D eigenvalue weighted by atomic mass is 9.81. The molecule has 9 nitrogen and oxygen atoms in total. The summed E-state index contributed by atoms with van der Waals surface area (Å²) in [5.74, 6) is -1.73. The highest BCUT2D eigenvalue weighted by atomic mass is 16.5. The summed E-state index contributed by atoms with van der Waals surface area (Å²) in [5, 5.41) is 10.2. The van der Waals surface area contributed by atoms with Crippen molar-refractivity contribution in [2.24, 2.45) is 5.73 Å². The van der Waals surface area contributed by atoms with Gasteiger partial charge in [-0.3, -0.25) is 4.90 Å². The van der Waals surface area contributed by atoms with Gasteiger partial charge in [0.1, 0.15) is 29.6 Å². The van der Waals surface area contributed by atoms with E-state index in [4.69, 9.17) is 24.4 Å². The van der Waals surface area contributed by atoms with Crippen molar-refractivity contribution in [3.63, 3.8) is 0 Å². The van der Waals surface area contributed by atoms with Crippen LogP contribution in [-0.2, 0) is 25.7 Å². The number of allylic oxidation sites excluding steroid dienone is 1. The van der Waals surface area contributed by atoms with Gasteiger partial charge in [-0.2, -0.15) is 5.26 Å². The maximum Gasteiger partial charge on any atom is 0.355 e. The molecule has 1 aliphatic heterocycles. The maximum absolute atomic E-state index is 13.2. The topological polar surface area (TPSA) is 128 Å². The Morgan fingerprint density at radius 1 is 1.00 bits per heavy atom.